The molecule has 3 heterocycles. The van der Waals surface area contributed by atoms with Crippen molar-refractivity contribution in [3.05, 3.63) is 6.20 Å². The van der Waals surface area contributed by atoms with Crippen LogP contribution in [-0.4, -0.2) is 39.4 Å². The SMILES string of the molecule is CC1OCCC1CNc1nc(N)nc2[nH]ncc12. The molecule has 0 saturated carbocycles. The van der Waals surface area contributed by atoms with E-state index in [2.05, 4.69) is 32.4 Å². The van der Waals surface area contributed by atoms with Crippen LogP contribution in [0.25, 0.3) is 11.0 Å². The fraction of sp³-hybridized carbons (Fsp3) is 0.545. The Morgan fingerprint density at radius 3 is 3.22 bits per heavy atom. The van der Waals surface area contributed by atoms with E-state index < -0.39 is 0 Å². The van der Waals surface area contributed by atoms with Crippen molar-refractivity contribution >= 4 is 22.8 Å². The zero-order chi connectivity index (χ0) is 12.5. The lowest BCUT2D eigenvalue weighted by Crippen LogP contribution is -2.21. The summed E-state index contributed by atoms with van der Waals surface area (Å²) in [5.74, 6) is 1.47. The molecule has 1 aliphatic rings. The summed E-state index contributed by atoms with van der Waals surface area (Å²) in [6.07, 6.45) is 3.06. The number of ether oxygens (including phenoxy) is 1. The van der Waals surface area contributed by atoms with Gasteiger partial charge in [0.1, 0.15) is 5.82 Å². The van der Waals surface area contributed by atoms with E-state index in [1.807, 2.05) is 0 Å². The summed E-state index contributed by atoms with van der Waals surface area (Å²) >= 11 is 0. The van der Waals surface area contributed by atoms with Crippen LogP contribution in [0.15, 0.2) is 6.20 Å². The van der Waals surface area contributed by atoms with Crippen molar-refractivity contribution in [3.8, 4) is 0 Å². The number of aromatic amines is 1. The van der Waals surface area contributed by atoms with Gasteiger partial charge in [-0.15, -0.1) is 0 Å². The number of aromatic nitrogens is 4. The standard InChI is InChI=1S/C11H16N6O/c1-6-7(2-3-18-6)4-13-9-8-5-14-17-10(8)16-11(12)15-9/h5-7H,2-4H2,1H3,(H4,12,13,14,15,16,17). The molecule has 4 N–H and O–H groups in total. The van der Waals surface area contributed by atoms with Gasteiger partial charge in [0.25, 0.3) is 0 Å². The van der Waals surface area contributed by atoms with Gasteiger partial charge in [-0.2, -0.15) is 15.1 Å². The molecule has 2 unspecified atom stereocenters. The summed E-state index contributed by atoms with van der Waals surface area (Å²) in [4.78, 5) is 8.29. The number of nitrogens with zero attached hydrogens (tertiary/aromatic N) is 3. The largest absolute Gasteiger partial charge is 0.378 e. The molecule has 3 rings (SSSR count). The summed E-state index contributed by atoms with van der Waals surface area (Å²) in [6.45, 7) is 3.75. The summed E-state index contributed by atoms with van der Waals surface area (Å²) in [7, 11) is 0. The van der Waals surface area contributed by atoms with Gasteiger partial charge in [-0.25, -0.2) is 0 Å². The number of fused-ring (bicyclic) bond motifs is 1. The van der Waals surface area contributed by atoms with Crippen molar-refractivity contribution < 1.29 is 4.74 Å². The van der Waals surface area contributed by atoms with E-state index >= 15 is 0 Å². The minimum atomic E-state index is 0.241. The fourth-order valence-corrected chi connectivity index (χ4v) is 2.26. The molecule has 0 radical (unpaired) electrons. The Hall–Kier alpha value is -1.89. The van der Waals surface area contributed by atoms with Gasteiger partial charge >= 0.3 is 0 Å². The second kappa shape index (κ2) is 4.41. The minimum Gasteiger partial charge on any atom is -0.378 e. The maximum Gasteiger partial charge on any atom is 0.224 e. The van der Waals surface area contributed by atoms with Gasteiger partial charge in [0.15, 0.2) is 5.65 Å². The molecule has 96 valence electrons. The van der Waals surface area contributed by atoms with Crippen LogP contribution in [0.1, 0.15) is 13.3 Å². The molecule has 2 atom stereocenters. The van der Waals surface area contributed by atoms with E-state index in [9.17, 15) is 0 Å². The van der Waals surface area contributed by atoms with E-state index in [-0.39, 0.29) is 12.1 Å². The molecule has 7 heteroatoms. The number of hydrogen-bond acceptors (Lipinski definition) is 6. The number of nitrogens with one attached hydrogen (secondary N) is 2. The monoisotopic (exact) mass is 248 g/mol. The van der Waals surface area contributed by atoms with Crippen LogP contribution >= 0.6 is 0 Å². The number of hydrogen-bond donors (Lipinski definition) is 3. The highest BCUT2D eigenvalue weighted by atomic mass is 16.5. The normalized spacial score (nSPS) is 23.6. The van der Waals surface area contributed by atoms with Gasteiger partial charge in [0, 0.05) is 19.1 Å². The molecule has 1 fully saturated rings. The predicted octanol–water partition coefficient (Wildman–Crippen LogP) is 0.772. The lowest BCUT2D eigenvalue weighted by molar-refractivity contribution is 0.108. The molecule has 2 aromatic rings. The molecule has 0 amide bonds. The first kappa shape index (κ1) is 11.2. The number of nitrogens with two attached hydrogens (primary N) is 1. The number of nitrogen functional groups attached to an aromatic ring is 1. The Kier molecular flexibility index (Phi) is 2.75. The molecule has 0 spiro atoms. The molecular formula is C11H16N6O. The Morgan fingerprint density at radius 2 is 2.44 bits per heavy atom. The molecule has 0 aliphatic carbocycles. The lowest BCUT2D eigenvalue weighted by atomic mass is 10.0. The maximum atomic E-state index is 5.66. The topological polar surface area (TPSA) is 102 Å². The van der Waals surface area contributed by atoms with Gasteiger partial charge in [-0.3, -0.25) is 5.10 Å². The van der Waals surface area contributed by atoms with Gasteiger partial charge in [-0.05, 0) is 13.3 Å². The Morgan fingerprint density at radius 1 is 1.56 bits per heavy atom. The summed E-state index contributed by atoms with van der Waals surface area (Å²) < 4.78 is 5.53. The van der Waals surface area contributed by atoms with Crippen LogP contribution in [0.4, 0.5) is 11.8 Å². The fourth-order valence-electron chi connectivity index (χ4n) is 2.26. The van der Waals surface area contributed by atoms with Crippen molar-refractivity contribution in [2.45, 2.75) is 19.4 Å². The van der Waals surface area contributed by atoms with Gasteiger partial charge in [0.2, 0.25) is 5.95 Å². The van der Waals surface area contributed by atoms with Crippen LogP contribution in [0.2, 0.25) is 0 Å². The van der Waals surface area contributed by atoms with Crippen LogP contribution in [-0.2, 0) is 4.74 Å². The van der Waals surface area contributed by atoms with E-state index in [0.717, 1.165) is 30.8 Å². The predicted molar refractivity (Wildman–Crippen MR) is 68.1 cm³/mol. The zero-order valence-corrected chi connectivity index (χ0v) is 10.2. The lowest BCUT2D eigenvalue weighted by Gasteiger charge is -2.15. The number of anilines is 2. The van der Waals surface area contributed by atoms with Gasteiger partial charge in [0.05, 0.1) is 17.7 Å². The summed E-state index contributed by atoms with van der Waals surface area (Å²) in [6, 6.07) is 0. The quantitative estimate of drug-likeness (QED) is 0.741. The maximum absolute atomic E-state index is 5.66. The molecule has 1 saturated heterocycles. The Balaban J connectivity index is 1.79. The van der Waals surface area contributed by atoms with E-state index in [4.69, 9.17) is 10.5 Å². The van der Waals surface area contributed by atoms with Crippen LogP contribution in [0.3, 0.4) is 0 Å². The average molecular weight is 248 g/mol. The van der Waals surface area contributed by atoms with E-state index in [0.29, 0.717) is 11.6 Å². The smallest absolute Gasteiger partial charge is 0.224 e. The second-order valence-electron chi connectivity index (χ2n) is 4.57. The van der Waals surface area contributed by atoms with Crippen molar-refractivity contribution in [1.29, 1.82) is 0 Å². The van der Waals surface area contributed by atoms with E-state index in [1.165, 1.54) is 0 Å². The first-order chi connectivity index (χ1) is 8.74. The van der Waals surface area contributed by atoms with E-state index in [1.54, 1.807) is 6.20 Å². The molecule has 2 aromatic heterocycles. The molecular weight excluding hydrogens is 232 g/mol. The first-order valence-electron chi connectivity index (χ1n) is 6.06. The first-order valence-corrected chi connectivity index (χ1v) is 6.06. The molecule has 1 aliphatic heterocycles. The Labute approximate surface area is 104 Å². The minimum absolute atomic E-state index is 0.241. The second-order valence-corrected chi connectivity index (χ2v) is 4.57. The van der Waals surface area contributed by atoms with Crippen molar-refractivity contribution in [2.75, 3.05) is 24.2 Å². The van der Waals surface area contributed by atoms with Crippen LogP contribution in [0, 0.1) is 5.92 Å². The number of rotatable bonds is 3. The zero-order valence-electron chi connectivity index (χ0n) is 10.2. The summed E-state index contributed by atoms with van der Waals surface area (Å²) in [5, 5.41) is 10.9. The van der Waals surface area contributed by atoms with Gasteiger partial charge in [-0.1, -0.05) is 0 Å². The molecule has 0 aromatic carbocycles. The Bertz CT molecular complexity index is 553. The highest BCUT2D eigenvalue weighted by molar-refractivity contribution is 5.86. The number of H-pyrrole nitrogens is 1. The third kappa shape index (κ3) is 1.97. The average Bonchev–Trinajstić information content (AvgIpc) is 2.94. The highest BCUT2D eigenvalue weighted by Gasteiger charge is 2.24. The van der Waals surface area contributed by atoms with Crippen LogP contribution < -0.4 is 11.1 Å². The van der Waals surface area contributed by atoms with Crippen LogP contribution in [0.5, 0.6) is 0 Å². The third-order valence-electron chi connectivity index (χ3n) is 3.39. The third-order valence-corrected chi connectivity index (χ3v) is 3.39. The molecule has 18 heavy (non-hydrogen) atoms. The van der Waals surface area contributed by atoms with Crippen molar-refractivity contribution in [2.24, 2.45) is 5.92 Å². The van der Waals surface area contributed by atoms with Crippen molar-refractivity contribution in [3.63, 3.8) is 0 Å². The van der Waals surface area contributed by atoms with Crippen molar-refractivity contribution in [1.82, 2.24) is 20.2 Å². The molecule has 0 bridgehead atoms. The summed E-state index contributed by atoms with van der Waals surface area (Å²) in [5.41, 5.74) is 6.31. The highest BCUT2D eigenvalue weighted by Crippen LogP contribution is 2.23. The van der Waals surface area contributed by atoms with Gasteiger partial charge < -0.3 is 15.8 Å². The molecule has 7 nitrogen and oxygen atoms in total.